The smallest absolute Gasteiger partial charge is 0.223 e. The summed E-state index contributed by atoms with van der Waals surface area (Å²) in [4.78, 5) is 11.8. The minimum Gasteiger partial charge on any atom is -0.351 e. The van der Waals surface area contributed by atoms with E-state index in [1.165, 1.54) is 0 Å². The Bertz CT molecular complexity index is 233. The highest BCUT2D eigenvalue weighted by atomic mass is 16.2. The number of hydrogen-bond donors (Lipinski definition) is 2. The first-order valence-electron chi connectivity index (χ1n) is 5.63. The molecule has 1 aliphatic heterocycles. The van der Waals surface area contributed by atoms with Crippen molar-refractivity contribution in [3.05, 3.63) is 0 Å². The lowest BCUT2D eigenvalue weighted by Gasteiger charge is -2.35. The lowest BCUT2D eigenvalue weighted by Crippen LogP contribution is -2.52. The Morgan fingerprint density at radius 2 is 2.00 bits per heavy atom. The van der Waals surface area contributed by atoms with Gasteiger partial charge in [-0.3, -0.25) is 4.79 Å². The molecule has 2 fully saturated rings. The van der Waals surface area contributed by atoms with Gasteiger partial charge in [-0.05, 0) is 45.2 Å². The molecule has 2 N–H and O–H groups in total. The van der Waals surface area contributed by atoms with Crippen molar-refractivity contribution < 1.29 is 4.79 Å². The molecule has 2 unspecified atom stereocenters. The summed E-state index contributed by atoms with van der Waals surface area (Å²) < 4.78 is 0. The molecule has 0 aromatic heterocycles. The summed E-state index contributed by atoms with van der Waals surface area (Å²) in [5.41, 5.74) is 0.0463. The lowest BCUT2D eigenvalue weighted by atomic mass is 9.90. The van der Waals surface area contributed by atoms with Crippen LogP contribution in [0.5, 0.6) is 0 Å². The van der Waals surface area contributed by atoms with E-state index in [1.54, 1.807) is 0 Å². The van der Waals surface area contributed by atoms with Gasteiger partial charge in [0.2, 0.25) is 5.91 Å². The summed E-state index contributed by atoms with van der Waals surface area (Å²) in [6, 6.07) is 0. The van der Waals surface area contributed by atoms with E-state index in [0.29, 0.717) is 11.8 Å². The fourth-order valence-corrected chi connectivity index (χ4v) is 2.18. The first kappa shape index (κ1) is 9.97. The van der Waals surface area contributed by atoms with Crippen LogP contribution in [0.25, 0.3) is 0 Å². The first-order valence-corrected chi connectivity index (χ1v) is 5.63. The summed E-state index contributed by atoms with van der Waals surface area (Å²) in [5.74, 6) is 1.20. The Hall–Kier alpha value is -0.570. The van der Waals surface area contributed by atoms with Gasteiger partial charge in [-0.1, -0.05) is 6.92 Å². The zero-order chi connectivity index (χ0) is 10.2. The van der Waals surface area contributed by atoms with Crippen molar-refractivity contribution in [1.82, 2.24) is 10.6 Å². The monoisotopic (exact) mass is 196 g/mol. The van der Waals surface area contributed by atoms with Gasteiger partial charge in [0.05, 0.1) is 0 Å². The number of amides is 1. The molecule has 1 aliphatic carbocycles. The summed E-state index contributed by atoms with van der Waals surface area (Å²) in [6.45, 7) is 6.36. The second-order valence-electron chi connectivity index (χ2n) is 5.12. The average molecular weight is 196 g/mol. The summed E-state index contributed by atoms with van der Waals surface area (Å²) in [7, 11) is 0. The van der Waals surface area contributed by atoms with E-state index in [0.717, 1.165) is 32.4 Å². The van der Waals surface area contributed by atoms with E-state index in [9.17, 15) is 4.79 Å². The van der Waals surface area contributed by atoms with Crippen LogP contribution in [-0.4, -0.2) is 24.5 Å². The van der Waals surface area contributed by atoms with Gasteiger partial charge in [0.25, 0.3) is 0 Å². The molecule has 1 amide bonds. The quantitative estimate of drug-likeness (QED) is 0.689. The van der Waals surface area contributed by atoms with E-state index < -0.39 is 0 Å². The second-order valence-corrected chi connectivity index (χ2v) is 5.12. The maximum Gasteiger partial charge on any atom is 0.223 e. The number of hydrogen-bond acceptors (Lipinski definition) is 2. The largest absolute Gasteiger partial charge is 0.351 e. The molecule has 1 saturated carbocycles. The van der Waals surface area contributed by atoms with E-state index in [2.05, 4.69) is 24.5 Å². The molecule has 14 heavy (non-hydrogen) atoms. The van der Waals surface area contributed by atoms with Crippen LogP contribution in [0.2, 0.25) is 0 Å². The molecule has 1 heterocycles. The van der Waals surface area contributed by atoms with Crippen molar-refractivity contribution in [2.75, 3.05) is 13.1 Å². The van der Waals surface area contributed by atoms with Crippen LogP contribution in [0.1, 0.15) is 33.1 Å². The zero-order valence-corrected chi connectivity index (χ0v) is 9.10. The van der Waals surface area contributed by atoms with Gasteiger partial charge in [0.15, 0.2) is 0 Å². The molecule has 0 aromatic rings. The van der Waals surface area contributed by atoms with Crippen LogP contribution in [-0.2, 0) is 4.79 Å². The van der Waals surface area contributed by atoms with Crippen molar-refractivity contribution in [3.8, 4) is 0 Å². The molecule has 1 saturated heterocycles. The summed E-state index contributed by atoms with van der Waals surface area (Å²) in [5, 5.41) is 6.52. The number of rotatable bonds is 2. The SMILES string of the molecule is CC1CC1C(=O)NC1(C)CCNCC1. The van der Waals surface area contributed by atoms with Crippen molar-refractivity contribution in [1.29, 1.82) is 0 Å². The molecule has 0 bridgehead atoms. The summed E-state index contributed by atoms with van der Waals surface area (Å²) >= 11 is 0. The second kappa shape index (κ2) is 3.54. The fraction of sp³-hybridized carbons (Fsp3) is 0.909. The Labute approximate surface area is 85.6 Å². The number of carbonyl (C=O) groups is 1. The fourth-order valence-electron chi connectivity index (χ4n) is 2.18. The maximum absolute atomic E-state index is 11.8. The van der Waals surface area contributed by atoms with Gasteiger partial charge in [0.1, 0.15) is 0 Å². The van der Waals surface area contributed by atoms with Crippen LogP contribution in [0.4, 0.5) is 0 Å². The molecule has 2 aliphatic rings. The van der Waals surface area contributed by atoms with E-state index in [4.69, 9.17) is 0 Å². The average Bonchev–Trinajstić information content (AvgIpc) is 2.83. The predicted molar refractivity (Wildman–Crippen MR) is 55.9 cm³/mol. The van der Waals surface area contributed by atoms with E-state index in [1.807, 2.05) is 0 Å². The maximum atomic E-state index is 11.8. The third-order valence-corrected chi connectivity index (χ3v) is 3.58. The molecule has 3 nitrogen and oxygen atoms in total. The van der Waals surface area contributed by atoms with Crippen LogP contribution in [0, 0.1) is 11.8 Å². The Morgan fingerprint density at radius 3 is 2.50 bits per heavy atom. The Balaban J connectivity index is 1.85. The molecular weight excluding hydrogens is 176 g/mol. The van der Waals surface area contributed by atoms with Crippen molar-refractivity contribution in [2.24, 2.45) is 11.8 Å². The molecule has 3 heteroatoms. The highest BCUT2D eigenvalue weighted by Gasteiger charge is 2.41. The standard InChI is InChI=1S/C11H20N2O/c1-8-7-9(8)10(14)13-11(2)3-5-12-6-4-11/h8-9,12H,3-7H2,1-2H3,(H,13,14). The minimum absolute atomic E-state index is 0.0463. The van der Waals surface area contributed by atoms with Crippen molar-refractivity contribution >= 4 is 5.91 Å². The van der Waals surface area contributed by atoms with Gasteiger partial charge < -0.3 is 10.6 Å². The molecule has 2 atom stereocenters. The molecule has 0 aromatic carbocycles. The highest BCUT2D eigenvalue weighted by Crippen LogP contribution is 2.38. The van der Waals surface area contributed by atoms with Crippen molar-refractivity contribution in [2.45, 2.75) is 38.6 Å². The minimum atomic E-state index is 0.0463. The molecule has 2 rings (SSSR count). The molecular formula is C11H20N2O. The summed E-state index contributed by atoms with van der Waals surface area (Å²) in [6.07, 6.45) is 3.19. The van der Waals surface area contributed by atoms with Crippen LogP contribution in [0.3, 0.4) is 0 Å². The van der Waals surface area contributed by atoms with Gasteiger partial charge in [0, 0.05) is 11.5 Å². The van der Waals surface area contributed by atoms with Gasteiger partial charge in [-0.15, -0.1) is 0 Å². The van der Waals surface area contributed by atoms with Gasteiger partial charge in [-0.2, -0.15) is 0 Å². The third-order valence-electron chi connectivity index (χ3n) is 3.58. The number of nitrogens with one attached hydrogen (secondary N) is 2. The molecule has 0 spiro atoms. The van der Waals surface area contributed by atoms with E-state index in [-0.39, 0.29) is 11.4 Å². The topological polar surface area (TPSA) is 41.1 Å². The predicted octanol–water partition coefficient (Wildman–Crippen LogP) is 0.901. The number of carbonyl (C=O) groups excluding carboxylic acids is 1. The van der Waals surface area contributed by atoms with Gasteiger partial charge >= 0.3 is 0 Å². The zero-order valence-electron chi connectivity index (χ0n) is 9.10. The first-order chi connectivity index (χ1) is 6.61. The van der Waals surface area contributed by atoms with Crippen LogP contribution < -0.4 is 10.6 Å². The van der Waals surface area contributed by atoms with Crippen LogP contribution >= 0.6 is 0 Å². The lowest BCUT2D eigenvalue weighted by molar-refractivity contribution is -0.124. The van der Waals surface area contributed by atoms with Crippen molar-refractivity contribution in [3.63, 3.8) is 0 Å². The van der Waals surface area contributed by atoms with Crippen LogP contribution in [0.15, 0.2) is 0 Å². The Morgan fingerprint density at radius 1 is 1.43 bits per heavy atom. The molecule has 0 radical (unpaired) electrons. The molecule has 80 valence electrons. The normalized spacial score (nSPS) is 35.0. The highest BCUT2D eigenvalue weighted by molar-refractivity contribution is 5.82. The number of piperidine rings is 1. The van der Waals surface area contributed by atoms with E-state index >= 15 is 0 Å². The van der Waals surface area contributed by atoms with Gasteiger partial charge in [-0.25, -0.2) is 0 Å². The Kier molecular flexibility index (Phi) is 2.52. The third kappa shape index (κ3) is 2.08.